The molecule has 0 saturated carbocycles. The first-order chi connectivity index (χ1) is 13.1. The number of rotatable bonds is 1. The van der Waals surface area contributed by atoms with Crippen LogP contribution >= 0.6 is 0 Å². The van der Waals surface area contributed by atoms with Gasteiger partial charge in [-0.15, -0.1) is 0 Å². The standard InChI is InChI=1S/C21H31N3O3/c22-16-19(25)24-13-10-21(11-14-24)9-4-3-7-17-6-1-2-8-18(17)27-15-5-12-23-20(21)26/h1-2,6,8H,3-5,7,9-16,22H2,(H,23,26). The number of amides is 2. The number of para-hydroxylation sites is 1. The zero-order valence-electron chi connectivity index (χ0n) is 16.0. The molecule has 2 aliphatic heterocycles. The lowest BCUT2D eigenvalue weighted by molar-refractivity contribution is -0.140. The number of piperidine rings is 1. The third-order valence-electron chi connectivity index (χ3n) is 5.92. The number of hydrogen-bond donors (Lipinski definition) is 2. The Balaban J connectivity index is 1.67. The fraction of sp³-hybridized carbons (Fsp3) is 0.619. The molecule has 1 aromatic rings. The molecule has 2 aliphatic rings. The van der Waals surface area contributed by atoms with Crippen LogP contribution in [-0.2, 0) is 16.0 Å². The van der Waals surface area contributed by atoms with Crippen molar-refractivity contribution in [3.63, 3.8) is 0 Å². The summed E-state index contributed by atoms with van der Waals surface area (Å²) in [6.45, 7) is 2.50. The first-order valence-corrected chi connectivity index (χ1v) is 10.1. The van der Waals surface area contributed by atoms with E-state index in [1.165, 1.54) is 5.56 Å². The Bertz CT molecular complexity index is 654. The third-order valence-corrected chi connectivity index (χ3v) is 5.92. The lowest BCUT2D eigenvalue weighted by Gasteiger charge is -2.40. The summed E-state index contributed by atoms with van der Waals surface area (Å²) in [6.07, 6.45) is 6.08. The van der Waals surface area contributed by atoms with Crippen molar-refractivity contribution in [2.75, 3.05) is 32.8 Å². The maximum atomic E-state index is 13.0. The highest BCUT2D eigenvalue weighted by Crippen LogP contribution is 2.37. The monoisotopic (exact) mass is 373 g/mol. The van der Waals surface area contributed by atoms with Gasteiger partial charge in [-0.2, -0.15) is 0 Å². The average Bonchev–Trinajstić information content (AvgIpc) is 2.72. The van der Waals surface area contributed by atoms with Crippen LogP contribution in [0.15, 0.2) is 24.3 Å². The van der Waals surface area contributed by atoms with Crippen molar-refractivity contribution in [3.05, 3.63) is 29.8 Å². The molecule has 3 N–H and O–H groups in total. The number of ether oxygens (including phenoxy) is 1. The Morgan fingerprint density at radius 2 is 1.93 bits per heavy atom. The lowest BCUT2D eigenvalue weighted by atomic mass is 9.73. The number of aryl methyl sites for hydroxylation is 1. The van der Waals surface area contributed by atoms with Crippen molar-refractivity contribution < 1.29 is 14.3 Å². The molecule has 2 amide bonds. The van der Waals surface area contributed by atoms with Crippen molar-refractivity contribution in [3.8, 4) is 5.75 Å². The van der Waals surface area contributed by atoms with Gasteiger partial charge in [0.2, 0.25) is 11.8 Å². The van der Waals surface area contributed by atoms with Gasteiger partial charge in [0, 0.05) is 19.6 Å². The van der Waals surface area contributed by atoms with Crippen LogP contribution < -0.4 is 15.8 Å². The normalized spacial score (nSPS) is 21.1. The van der Waals surface area contributed by atoms with E-state index >= 15 is 0 Å². The van der Waals surface area contributed by atoms with Crippen LogP contribution in [0.25, 0.3) is 0 Å². The summed E-state index contributed by atoms with van der Waals surface area (Å²) in [6, 6.07) is 8.21. The van der Waals surface area contributed by atoms with E-state index in [9.17, 15) is 9.59 Å². The van der Waals surface area contributed by atoms with Crippen molar-refractivity contribution in [1.82, 2.24) is 10.2 Å². The topological polar surface area (TPSA) is 84.7 Å². The fourth-order valence-electron chi connectivity index (χ4n) is 4.18. The number of likely N-dealkylation sites (tertiary alicyclic amines) is 1. The van der Waals surface area contributed by atoms with Crippen LogP contribution in [0.3, 0.4) is 0 Å². The maximum absolute atomic E-state index is 13.0. The predicted octanol–water partition coefficient (Wildman–Crippen LogP) is 1.87. The molecular formula is C21H31N3O3. The molecule has 0 aromatic heterocycles. The first kappa shape index (κ1) is 19.7. The summed E-state index contributed by atoms with van der Waals surface area (Å²) < 4.78 is 5.92. The third kappa shape index (κ3) is 4.80. The van der Waals surface area contributed by atoms with Crippen LogP contribution in [0.2, 0.25) is 0 Å². The molecule has 6 nitrogen and oxygen atoms in total. The molecule has 0 radical (unpaired) electrons. The van der Waals surface area contributed by atoms with E-state index in [1.807, 2.05) is 12.1 Å². The molecule has 27 heavy (non-hydrogen) atoms. The Morgan fingerprint density at radius 3 is 2.70 bits per heavy atom. The SMILES string of the molecule is NCC(=O)N1CCC2(CCCCc3ccccc3OCCCNC2=O)CC1. The van der Waals surface area contributed by atoms with Crippen molar-refractivity contribution in [2.45, 2.75) is 44.9 Å². The maximum Gasteiger partial charge on any atom is 0.236 e. The van der Waals surface area contributed by atoms with Crippen LogP contribution in [0.1, 0.15) is 44.1 Å². The van der Waals surface area contributed by atoms with Gasteiger partial charge in [-0.25, -0.2) is 0 Å². The lowest BCUT2D eigenvalue weighted by Crippen LogP contribution is -2.51. The van der Waals surface area contributed by atoms with E-state index in [-0.39, 0.29) is 23.8 Å². The Hall–Kier alpha value is -2.08. The molecule has 3 rings (SSSR count). The summed E-state index contributed by atoms with van der Waals surface area (Å²) in [7, 11) is 0. The van der Waals surface area contributed by atoms with Gasteiger partial charge in [0.15, 0.2) is 0 Å². The van der Waals surface area contributed by atoms with Crippen LogP contribution in [0.4, 0.5) is 0 Å². The van der Waals surface area contributed by atoms with Crippen LogP contribution in [-0.4, -0.2) is 49.5 Å². The van der Waals surface area contributed by atoms with E-state index in [2.05, 4.69) is 17.4 Å². The number of nitrogens with zero attached hydrogens (tertiary/aromatic N) is 1. The second kappa shape index (κ2) is 9.22. The molecule has 2 heterocycles. The minimum absolute atomic E-state index is 0.0244. The molecule has 0 aliphatic carbocycles. The number of carbonyl (C=O) groups excluding carboxylic acids is 2. The predicted molar refractivity (Wildman–Crippen MR) is 104 cm³/mol. The molecule has 1 saturated heterocycles. The van der Waals surface area contributed by atoms with Gasteiger partial charge in [-0.1, -0.05) is 24.6 Å². The van der Waals surface area contributed by atoms with E-state index in [4.69, 9.17) is 10.5 Å². The van der Waals surface area contributed by atoms with Gasteiger partial charge in [-0.05, 0) is 50.2 Å². The largest absolute Gasteiger partial charge is 0.493 e. The Morgan fingerprint density at radius 1 is 1.15 bits per heavy atom. The smallest absolute Gasteiger partial charge is 0.236 e. The number of carbonyl (C=O) groups is 2. The number of benzene rings is 1. The van der Waals surface area contributed by atoms with Gasteiger partial charge in [0.25, 0.3) is 0 Å². The fourth-order valence-corrected chi connectivity index (χ4v) is 4.18. The summed E-state index contributed by atoms with van der Waals surface area (Å²) in [5, 5.41) is 3.12. The highest BCUT2D eigenvalue weighted by Gasteiger charge is 2.41. The summed E-state index contributed by atoms with van der Waals surface area (Å²) >= 11 is 0. The number of nitrogens with two attached hydrogens (primary N) is 1. The molecule has 1 aromatic carbocycles. The molecule has 1 spiro atoms. The van der Waals surface area contributed by atoms with Crippen molar-refractivity contribution >= 4 is 11.8 Å². The van der Waals surface area contributed by atoms with Gasteiger partial charge in [0.1, 0.15) is 5.75 Å². The molecule has 1 fully saturated rings. The highest BCUT2D eigenvalue weighted by atomic mass is 16.5. The first-order valence-electron chi connectivity index (χ1n) is 10.1. The van der Waals surface area contributed by atoms with Gasteiger partial charge < -0.3 is 20.7 Å². The molecular weight excluding hydrogens is 342 g/mol. The van der Waals surface area contributed by atoms with Crippen molar-refractivity contribution in [2.24, 2.45) is 11.1 Å². The van der Waals surface area contributed by atoms with E-state index in [0.717, 1.165) is 50.7 Å². The van der Waals surface area contributed by atoms with Crippen LogP contribution in [0.5, 0.6) is 5.75 Å². The quantitative estimate of drug-likeness (QED) is 0.787. The van der Waals surface area contributed by atoms with Crippen LogP contribution in [0, 0.1) is 5.41 Å². The zero-order valence-corrected chi connectivity index (χ0v) is 16.0. The van der Waals surface area contributed by atoms with E-state index < -0.39 is 0 Å². The summed E-state index contributed by atoms with van der Waals surface area (Å²) in [4.78, 5) is 26.6. The zero-order chi connectivity index (χ0) is 19.1. The van der Waals surface area contributed by atoms with Gasteiger partial charge in [0.05, 0.1) is 18.6 Å². The summed E-state index contributed by atoms with van der Waals surface area (Å²) in [5.41, 5.74) is 6.37. The van der Waals surface area contributed by atoms with E-state index in [1.54, 1.807) is 4.90 Å². The summed E-state index contributed by atoms with van der Waals surface area (Å²) in [5.74, 6) is 1.08. The van der Waals surface area contributed by atoms with Gasteiger partial charge in [-0.3, -0.25) is 9.59 Å². The van der Waals surface area contributed by atoms with Crippen molar-refractivity contribution in [1.29, 1.82) is 0 Å². The Kier molecular flexibility index (Phi) is 6.72. The molecule has 0 bridgehead atoms. The highest BCUT2D eigenvalue weighted by molar-refractivity contribution is 5.83. The molecule has 6 heteroatoms. The number of fused-ring (bicyclic) bond motifs is 1. The van der Waals surface area contributed by atoms with E-state index in [0.29, 0.717) is 26.2 Å². The number of nitrogens with one attached hydrogen (secondary N) is 1. The number of hydrogen-bond acceptors (Lipinski definition) is 4. The minimum Gasteiger partial charge on any atom is -0.493 e. The van der Waals surface area contributed by atoms with Gasteiger partial charge >= 0.3 is 0 Å². The molecule has 0 unspecified atom stereocenters. The minimum atomic E-state index is -0.361. The molecule has 148 valence electrons. The Labute approximate surface area is 161 Å². The average molecular weight is 373 g/mol. The second-order valence-electron chi connectivity index (χ2n) is 7.64. The molecule has 0 atom stereocenters. The second-order valence-corrected chi connectivity index (χ2v) is 7.64.